The van der Waals surface area contributed by atoms with Crippen LogP contribution in [0.3, 0.4) is 0 Å². The van der Waals surface area contributed by atoms with E-state index in [2.05, 4.69) is 6.58 Å². The van der Waals surface area contributed by atoms with Gasteiger partial charge in [0.25, 0.3) is 0 Å². The third kappa shape index (κ3) is 9.11. The molecule has 0 amide bonds. The molecule has 0 aromatic heterocycles. The van der Waals surface area contributed by atoms with Crippen LogP contribution in [-0.4, -0.2) is 30.8 Å². The zero-order chi connectivity index (χ0) is 26.5. The van der Waals surface area contributed by atoms with Gasteiger partial charge in [0.05, 0.1) is 6.61 Å². The maximum atomic E-state index is 12.2. The van der Waals surface area contributed by atoms with E-state index in [1.807, 2.05) is 86.7 Å². The summed E-state index contributed by atoms with van der Waals surface area (Å²) in [6.07, 6.45) is 7.52. The fourth-order valence-electron chi connectivity index (χ4n) is 3.39. The number of benzene rings is 3. The molecule has 1 N–H and O–H groups in total. The molecule has 0 aliphatic rings. The third-order valence-corrected chi connectivity index (χ3v) is 5.30. The molecule has 3 aromatic carbocycles. The van der Waals surface area contributed by atoms with Crippen LogP contribution < -0.4 is 9.47 Å². The molecule has 192 valence electrons. The van der Waals surface area contributed by atoms with Gasteiger partial charge >= 0.3 is 6.16 Å². The number of aliphatic hydroxyl groups excluding tert-OH is 1. The van der Waals surface area contributed by atoms with Crippen molar-refractivity contribution in [2.45, 2.75) is 26.2 Å². The van der Waals surface area contributed by atoms with Gasteiger partial charge in [0.2, 0.25) is 0 Å². The number of carbonyl (C=O) groups excluding carboxylic acids is 1. The molecule has 0 aliphatic carbocycles. The number of carbonyl (C=O) groups is 1. The molecule has 2 atom stereocenters. The molecule has 3 rings (SSSR count). The predicted molar refractivity (Wildman–Crippen MR) is 146 cm³/mol. The molecular formula is C31H32O6. The normalized spacial score (nSPS) is 12.8. The molecule has 2 unspecified atom stereocenters. The number of ether oxygens (including phenoxy) is 4. The minimum Gasteiger partial charge on any atom is -0.465 e. The van der Waals surface area contributed by atoms with E-state index in [-0.39, 0.29) is 12.9 Å². The van der Waals surface area contributed by atoms with Crippen molar-refractivity contribution in [1.82, 2.24) is 0 Å². The highest BCUT2D eigenvalue weighted by molar-refractivity contribution is 5.65. The van der Waals surface area contributed by atoms with Gasteiger partial charge in [0.1, 0.15) is 11.5 Å². The standard InChI is InChI=1S/C31H32O6/c1-4-24-10-16-27(17-11-24)30(22-32)37-31(33)36-29-20-14-26(15-21-29)9-7-6-8-25-12-18-28(19-13-25)35-23(3)34-5-2/h4,6-21,23,30,32H,1,5,22H2,2-3H3. The number of hydrogen-bond donors (Lipinski definition) is 1. The maximum Gasteiger partial charge on any atom is 0.514 e. The molecule has 0 saturated carbocycles. The Hall–Kier alpha value is -4.13. The first-order chi connectivity index (χ1) is 18.0. The van der Waals surface area contributed by atoms with Crippen LogP contribution in [0.25, 0.3) is 18.2 Å². The van der Waals surface area contributed by atoms with Crippen LogP contribution in [0.15, 0.2) is 91.5 Å². The Morgan fingerprint density at radius 2 is 1.41 bits per heavy atom. The van der Waals surface area contributed by atoms with Crippen molar-refractivity contribution in [3.63, 3.8) is 0 Å². The first kappa shape index (κ1) is 27.5. The maximum absolute atomic E-state index is 12.2. The minimum absolute atomic E-state index is 0.283. The van der Waals surface area contributed by atoms with Crippen LogP contribution in [0.1, 0.15) is 42.2 Å². The molecule has 6 nitrogen and oxygen atoms in total. The van der Waals surface area contributed by atoms with Crippen LogP contribution in [0, 0.1) is 0 Å². The van der Waals surface area contributed by atoms with Crippen molar-refractivity contribution in [2.75, 3.05) is 13.2 Å². The second kappa shape index (κ2) is 14.4. The largest absolute Gasteiger partial charge is 0.514 e. The summed E-state index contributed by atoms with van der Waals surface area (Å²) in [6, 6.07) is 22.0. The fourth-order valence-corrected chi connectivity index (χ4v) is 3.39. The summed E-state index contributed by atoms with van der Waals surface area (Å²) in [7, 11) is 0. The van der Waals surface area contributed by atoms with Gasteiger partial charge in [-0.05, 0) is 60.4 Å². The quantitative estimate of drug-likeness (QED) is 0.124. The van der Waals surface area contributed by atoms with Crippen molar-refractivity contribution < 1.29 is 28.8 Å². The van der Waals surface area contributed by atoms with E-state index in [1.54, 1.807) is 30.3 Å². The molecule has 0 aliphatic heterocycles. The fraction of sp³-hybridized carbons (Fsp3) is 0.194. The Balaban J connectivity index is 1.48. The topological polar surface area (TPSA) is 74.2 Å². The number of rotatable bonds is 12. The Kier molecular flexibility index (Phi) is 10.7. The van der Waals surface area contributed by atoms with Crippen molar-refractivity contribution >= 4 is 24.4 Å². The smallest absolute Gasteiger partial charge is 0.465 e. The second-order valence-electron chi connectivity index (χ2n) is 8.01. The summed E-state index contributed by atoms with van der Waals surface area (Å²) in [4.78, 5) is 12.2. The molecule has 37 heavy (non-hydrogen) atoms. The van der Waals surface area contributed by atoms with Gasteiger partial charge in [-0.3, -0.25) is 0 Å². The average Bonchev–Trinajstić information content (AvgIpc) is 2.92. The summed E-state index contributed by atoms with van der Waals surface area (Å²) < 4.78 is 21.6. The van der Waals surface area contributed by atoms with Crippen molar-refractivity contribution in [3.8, 4) is 11.5 Å². The third-order valence-electron chi connectivity index (χ3n) is 5.30. The van der Waals surface area contributed by atoms with E-state index in [9.17, 15) is 9.90 Å². The Bertz CT molecular complexity index is 1180. The molecule has 0 saturated heterocycles. The number of hydrogen-bond acceptors (Lipinski definition) is 6. The average molecular weight is 501 g/mol. The lowest BCUT2D eigenvalue weighted by Crippen LogP contribution is -2.17. The molecule has 0 fully saturated rings. The van der Waals surface area contributed by atoms with E-state index < -0.39 is 12.3 Å². The van der Waals surface area contributed by atoms with Gasteiger partial charge < -0.3 is 24.1 Å². The van der Waals surface area contributed by atoms with Crippen molar-refractivity contribution in [1.29, 1.82) is 0 Å². The molecule has 3 aromatic rings. The molecule has 0 heterocycles. The molecular weight excluding hydrogens is 468 g/mol. The number of aliphatic hydroxyl groups is 1. The predicted octanol–water partition coefficient (Wildman–Crippen LogP) is 7.07. The highest BCUT2D eigenvalue weighted by atomic mass is 16.7. The zero-order valence-electron chi connectivity index (χ0n) is 21.1. The lowest BCUT2D eigenvalue weighted by Gasteiger charge is -2.15. The van der Waals surface area contributed by atoms with Gasteiger partial charge in [-0.2, -0.15) is 0 Å². The number of allylic oxidation sites excluding steroid dienone is 2. The zero-order valence-corrected chi connectivity index (χ0v) is 21.1. The monoisotopic (exact) mass is 500 g/mol. The van der Waals surface area contributed by atoms with Gasteiger partial charge in [-0.1, -0.05) is 85.5 Å². The highest BCUT2D eigenvalue weighted by Gasteiger charge is 2.17. The van der Waals surface area contributed by atoms with Gasteiger partial charge in [0, 0.05) is 6.61 Å². The van der Waals surface area contributed by atoms with E-state index in [0.717, 1.165) is 22.4 Å². The first-order valence-electron chi connectivity index (χ1n) is 12.1. The van der Waals surface area contributed by atoms with Crippen LogP contribution in [0.5, 0.6) is 11.5 Å². The second-order valence-corrected chi connectivity index (χ2v) is 8.01. The Morgan fingerprint density at radius 1 is 0.865 bits per heavy atom. The lowest BCUT2D eigenvalue weighted by molar-refractivity contribution is -0.0613. The first-order valence-corrected chi connectivity index (χ1v) is 12.1. The summed E-state index contributed by atoms with van der Waals surface area (Å²) in [5.74, 6) is 1.10. The van der Waals surface area contributed by atoms with Gasteiger partial charge in [0.15, 0.2) is 12.4 Å². The Morgan fingerprint density at radius 3 is 1.92 bits per heavy atom. The van der Waals surface area contributed by atoms with Gasteiger partial charge in [-0.25, -0.2) is 4.79 Å². The van der Waals surface area contributed by atoms with Crippen LogP contribution in [0.4, 0.5) is 4.79 Å². The lowest BCUT2D eigenvalue weighted by atomic mass is 10.1. The SMILES string of the molecule is C=Cc1ccc(C(CO)OC(=O)Oc2ccc(C=CC=Cc3ccc(OC(C)OCC)cc3)cc2)cc1. The van der Waals surface area contributed by atoms with E-state index >= 15 is 0 Å². The summed E-state index contributed by atoms with van der Waals surface area (Å²) in [5, 5.41) is 9.62. The summed E-state index contributed by atoms with van der Waals surface area (Å²) >= 11 is 0. The van der Waals surface area contributed by atoms with Crippen LogP contribution >= 0.6 is 0 Å². The summed E-state index contributed by atoms with van der Waals surface area (Å²) in [5.41, 5.74) is 3.58. The van der Waals surface area contributed by atoms with Crippen molar-refractivity contribution in [2.24, 2.45) is 0 Å². The van der Waals surface area contributed by atoms with Gasteiger partial charge in [-0.15, -0.1) is 0 Å². The summed E-state index contributed by atoms with van der Waals surface area (Å²) in [6.45, 7) is 7.75. The molecule has 6 heteroatoms. The Labute approximate surface area is 218 Å². The molecule has 0 bridgehead atoms. The van der Waals surface area contributed by atoms with Crippen LogP contribution in [0.2, 0.25) is 0 Å². The van der Waals surface area contributed by atoms with Crippen molar-refractivity contribution in [3.05, 3.63) is 114 Å². The highest BCUT2D eigenvalue weighted by Crippen LogP contribution is 2.21. The van der Waals surface area contributed by atoms with E-state index in [1.165, 1.54) is 0 Å². The van der Waals surface area contributed by atoms with E-state index in [4.69, 9.17) is 18.9 Å². The minimum atomic E-state index is -0.887. The molecule has 0 spiro atoms. The molecule has 0 radical (unpaired) electrons. The van der Waals surface area contributed by atoms with Crippen LogP contribution in [-0.2, 0) is 9.47 Å². The van der Waals surface area contributed by atoms with E-state index in [0.29, 0.717) is 17.9 Å².